The van der Waals surface area contributed by atoms with Gasteiger partial charge in [-0.25, -0.2) is 9.97 Å². The summed E-state index contributed by atoms with van der Waals surface area (Å²) in [6.07, 6.45) is 1.73. The molecule has 0 spiro atoms. The van der Waals surface area contributed by atoms with Crippen molar-refractivity contribution >= 4 is 50.9 Å². The predicted molar refractivity (Wildman–Crippen MR) is 122 cm³/mol. The highest BCUT2D eigenvalue weighted by Crippen LogP contribution is 2.41. The number of ether oxygens (including phenoxy) is 1. The number of aromatic nitrogens is 2. The second-order valence-electron chi connectivity index (χ2n) is 8.00. The Kier molecular flexibility index (Phi) is 4.99. The van der Waals surface area contributed by atoms with E-state index in [1.54, 1.807) is 35.6 Å². The molecule has 9 heteroatoms. The number of imide groups is 1. The van der Waals surface area contributed by atoms with Gasteiger partial charge < -0.3 is 10.5 Å². The van der Waals surface area contributed by atoms with Crippen LogP contribution in [0.25, 0.3) is 10.2 Å². The number of anilines is 1. The normalized spacial score (nSPS) is 20.4. The van der Waals surface area contributed by atoms with Crippen molar-refractivity contribution in [2.45, 2.75) is 44.1 Å². The molecular formula is C22H22N4O3S2. The molecule has 5 rings (SSSR count). The van der Waals surface area contributed by atoms with Gasteiger partial charge in [-0.3, -0.25) is 14.5 Å². The fourth-order valence-electron chi connectivity index (χ4n) is 4.04. The second kappa shape index (κ2) is 7.58. The third-order valence-corrected chi connectivity index (χ3v) is 7.94. The van der Waals surface area contributed by atoms with Crippen LogP contribution in [0.1, 0.15) is 51.4 Å². The van der Waals surface area contributed by atoms with Crippen molar-refractivity contribution in [2.75, 3.05) is 18.0 Å². The molecule has 2 N–H and O–H groups in total. The van der Waals surface area contributed by atoms with E-state index in [1.807, 2.05) is 0 Å². The van der Waals surface area contributed by atoms with Gasteiger partial charge in [-0.2, -0.15) is 0 Å². The predicted octanol–water partition coefficient (Wildman–Crippen LogP) is 3.90. The lowest BCUT2D eigenvalue weighted by Crippen LogP contribution is -2.33. The zero-order valence-electron chi connectivity index (χ0n) is 17.3. The Hall–Kier alpha value is -2.49. The van der Waals surface area contributed by atoms with Crippen LogP contribution in [-0.2, 0) is 17.8 Å². The number of thioether (sulfide) groups is 1. The number of amides is 2. The average molecular weight is 455 g/mol. The van der Waals surface area contributed by atoms with Crippen molar-refractivity contribution in [1.82, 2.24) is 14.9 Å². The lowest BCUT2D eigenvalue weighted by atomic mass is 9.90. The largest absolute Gasteiger partial charge is 0.383 e. The third kappa shape index (κ3) is 3.40. The molecule has 2 aliphatic rings. The van der Waals surface area contributed by atoms with E-state index >= 15 is 0 Å². The van der Waals surface area contributed by atoms with Gasteiger partial charge in [-0.05, 0) is 31.0 Å². The first-order valence-electron chi connectivity index (χ1n) is 10.2. The highest BCUT2D eigenvalue weighted by Gasteiger charge is 2.35. The first kappa shape index (κ1) is 20.4. The van der Waals surface area contributed by atoms with E-state index in [9.17, 15) is 9.59 Å². The molecule has 0 fully saturated rings. The zero-order chi connectivity index (χ0) is 21.8. The van der Waals surface area contributed by atoms with Crippen LogP contribution in [0.4, 0.5) is 5.82 Å². The summed E-state index contributed by atoms with van der Waals surface area (Å²) in [5.41, 5.74) is 8.28. The molecule has 0 aliphatic carbocycles. The fraction of sp³-hybridized carbons (Fsp3) is 0.364. The van der Waals surface area contributed by atoms with Crippen LogP contribution in [0.15, 0.2) is 29.4 Å². The molecule has 3 aromatic rings. The van der Waals surface area contributed by atoms with Crippen LogP contribution in [0.3, 0.4) is 0 Å². The Morgan fingerprint density at radius 1 is 1.23 bits per heavy atom. The van der Waals surface area contributed by atoms with E-state index in [0.717, 1.165) is 27.9 Å². The van der Waals surface area contributed by atoms with Crippen LogP contribution in [0, 0.1) is 0 Å². The molecule has 31 heavy (non-hydrogen) atoms. The smallest absolute Gasteiger partial charge is 0.261 e. The van der Waals surface area contributed by atoms with Crippen molar-refractivity contribution in [2.24, 2.45) is 0 Å². The number of carbonyl (C=O) groups excluding carboxylic acids is 2. The Bertz CT molecular complexity index is 1190. The maximum absolute atomic E-state index is 12.5. The number of hydrogen-bond donors (Lipinski definition) is 1. The van der Waals surface area contributed by atoms with Gasteiger partial charge in [0.25, 0.3) is 11.8 Å². The van der Waals surface area contributed by atoms with E-state index in [-0.39, 0.29) is 17.4 Å². The molecular weight excluding hydrogens is 432 g/mol. The highest BCUT2D eigenvalue weighted by atomic mass is 32.2. The van der Waals surface area contributed by atoms with Crippen LogP contribution in [0.5, 0.6) is 0 Å². The third-order valence-electron chi connectivity index (χ3n) is 6.02. The van der Waals surface area contributed by atoms with Gasteiger partial charge in [0, 0.05) is 23.6 Å². The van der Waals surface area contributed by atoms with Crippen LogP contribution in [0.2, 0.25) is 0 Å². The van der Waals surface area contributed by atoms with E-state index in [2.05, 4.69) is 18.8 Å². The van der Waals surface area contributed by atoms with Gasteiger partial charge in [0.05, 0.1) is 28.7 Å². The number of fused-ring (bicyclic) bond motifs is 4. The number of rotatable bonds is 5. The summed E-state index contributed by atoms with van der Waals surface area (Å²) in [7, 11) is 0. The lowest BCUT2D eigenvalue weighted by Gasteiger charge is -2.33. The van der Waals surface area contributed by atoms with E-state index < -0.39 is 0 Å². The quantitative estimate of drug-likeness (QED) is 0.355. The second-order valence-corrected chi connectivity index (χ2v) is 10.1. The van der Waals surface area contributed by atoms with Crippen LogP contribution >= 0.6 is 23.1 Å². The standard InChI is InChI=1S/C22H22N4O3S2/c1-3-22(2)10-14-15(11-29-22)31-18-16(14)17(23)24-21(25-18)30-9-8-26-19(27)12-6-4-5-7-13(12)20(26)28/h4-7H,3,8-11H2,1-2H3,(H2,23,24,25). The molecule has 1 atom stereocenters. The molecule has 2 aromatic heterocycles. The summed E-state index contributed by atoms with van der Waals surface area (Å²) in [6.45, 7) is 5.12. The van der Waals surface area contributed by atoms with Crippen molar-refractivity contribution in [3.05, 3.63) is 45.8 Å². The minimum Gasteiger partial charge on any atom is -0.383 e. The van der Waals surface area contributed by atoms with Crippen molar-refractivity contribution in [3.8, 4) is 0 Å². The monoisotopic (exact) mass is 454 g/mol. The van der Waals surface area contributed by atoms with E-state index in [1.165, 1.54) is 22.2 Å². The van der Waals surface area contributed by atoms with Crippen molar-refractivity contribution < 1.29 is 14.3 Å². The number of hydrogen-bond acceptors (Lipinski definition) is 8. The molecule has 0 bridgehead atoms. The van der Waals surface area contributed by atoms with Gasteiger partial charge in [0.15, 0.2) is 5.16 Å². The molecule has 160 valence electrons. The summed E-state index contributed by atoms with van der Waals surface area (Å²) in [5, 5.41) is 1.49. The number of benzene rings is 1. The maximum Gasteiger partial charge on any atom is 0.261 e. The number of carbonyl (C=O) groups is 2. The van der Waals surface area contributed by atoms with Gasteiger partial charge in [0.1, 0.15) is 10.6 Å². The molecule has 7 nitrogen and oxygen atoms in total. The minimum atomic E-state index is -0.248. The molecule has 4 heterocycles. The molecule has 1 aromatic carbocycles. The first-order chi connectivity index (χ1) is 14.9. The van der Waals surface area contributed by atoms with Crippen molar-refractivity contribution in [3.63, 3.8) is 0 Å². The van der Waals surface area contributed by atoms with E-state index in [0.29, 0.717) is 41.0 Å². The minimum absolute atomic E-state index is 0.187. The first-order valence-corrected chi connectivity index (χ1v) is 12.0. The van der Waals surface area contributed by atoms with Gasteiger partial charge >= 0.3 is 0 Å². The Labute approximate surface area is 188 Å². The fourth-order valence-corrected chi connectivity index (χ4v) is 5.99. The summed E-state index contributed by atoms with van der Waals surface area (Å²) >= 11 is 3.00. The summed E-state index contributed by atoms with van der Waals surface area (Å²) in [6, 6.07) is 6.91. The van der Waals surface area contributed by atoms with Crippen molar-refractivity contribution in [1.29, 1.82) is 0 Å². The Morgan fingerprint density at radius 3 is 2.61 bits per heavy atom. The number of nitrogens with zero attached hydrogens (tertiary/aromatic N) is 3. The summed E-state index contributed by atoms with van der Waals surface area (Å²) in [5.74, 6) is 0.480. The maximum atomic E-state index is 12.5. The van der Waals surface area contributed by atoms with Crippen LogP contribution in [-0.4, -0.2) is 44.6 Å². The topological polar surface area (TPSA) is 98.4 Å². The molecule has 2 amide bonds. The number of nitrogens with two attached hydrogens (primary N) is 1. The molecule has 0 saturated carbocycles. The molecule has 2 aliphatic heterocycles. The zero-order valence-corrected chi connectivity index (χ0v) is 18.9. The molecule has 0 radical (unpaired) electrons. The molecule has 1 unspecified atom stereocenters. The van der Waals surface area contributed by atoms with Crippen LogP contribution < -0.4 is 5.73 Å². The number of nitrogen functional groups attached to an aromatic ring is 1. The van der Waals surface area contributed by atoms with E-state index in [4.69, 9.17) is 15.5 Å². The Balaban J connectivity index is 1.32. The summed E-state index contributed by atoms with van der Waals surface area (Å²) < 4.78 is 6.06. The SMILES string of the molecule is CCC1(C)Cc2c(sc3nc(SCCN4C(=O)c5ccccc5C4=O)nc(N)c23)CO1. The molecule has 0 saturated heterocycles. The van der Waals surface area contributed by atoms with Gasteiger partial charge in [0.2, 0.25) is 0 Å². The summed E-state index contributed by atoms with van der Waals surface area (Å²) in [4.78, 5) is 37.5. The number of thiophene rings is 1. The highest BCUT2D eigenvalue weighted by molar-refractivity contribution is 7.99. The van der Waals surface area contributed by atoms with Gasteiger partial charge in [-0.1, -0.05) is 30.8 Å². The average Bonchev–Trinajstić information content (AvgIpc) is 3.24. The Morgan fingerprint density at radius 2 is 1.94 bits per heavy atom. The lowest BCUT2D eigenvalue weighted by molar-refractivity contribution is -0.0542. The van der Waals surface area contributed by atoms with Gasteiger partial charge in [-0.15, -0.1) is 11.3 Å².